The van der Waals surface area contributed by atoms with Gasteiger partial charge in [0.25, 0.3) is 0 Å². The molecule has 0 bridgehead atoms. The summed E-state index contributed by atoms with van der Waals surface area (Å²) in [4.78, 5) is 4.96. The van der Waals surface area contributed by atoms with Crippen LogP contribution >= 0.6 is 0 Å². The maximum absolute atomic E-state index is 7.11. The van der Waals surface area contributed by atoms with Crippen molar-refractivity contribution in [1.29, 1.82) is 0 Å². The van der Waals surface area contributed by atoms with Crippen LogP contribution in [0.15, 0.2) is 324 Å². The van der Waals surface area contributed by atoms with Crippen molar-refractivity contribution in [1.82, 2.24) is 0 Å². The Bertz CT molecular complexity index is 5920. The van der Waals surface area contributed by atoms with E-state index in [2.05, 4.69) is 353 Å². The average molecular weight is 1230 g/mol. The van der Waals surface area contributed by atoms with Gasteiger partial charge in [-0.1, -0.05) is 252 Å². The lowest BCUT2D eigenvalue weighted by atomic mass is 9.72. The van der Waals surface area contributed by atoms with Gasteiger partial charge < -0.3 is 18.6 Å². The van der Waals surface area contributed by atoms with Gasteiger partial charge in [0, 0.05) is 66.4 Å². The van der Waals surface area contributed by atoms with Crippen LogP contribution in [-0.4, -0.2) is 0 Å². The first-order valence-electron chi connectivity index (χ1n) is 33.6. The molecule has 456 valence electrons. The highest BCUT2D eigenvalue weighted by molar-refractivity contribution is 6.21. The summed E-state index contributed by atoms with van der Waals surface area (Å²) in [5.41, 5.74) is 27.2. The van der Waals surface area contributed by atoms with Crippen molar-refractivity contribution in [2.75, 3.05) is 9.80 Å². The largest absolute Gasteiger partial charge is 0.455 e. The fourth-order valence-electron chi connectivity index (χ4n) is 17.0. The first kappa shape index (κ1) is 55.9. The van der Waals surface area contributed by atoms with E-state index < -0.39 is 0 Å². The fraction of sp³-hybridized carbons (Fsp3) is 0.0870. The second kappa shape index (κ2) is 21.4. The summed E-state index contributed by atoms with van der Waals surface area (Å²) in [7, 11) is 0. The highest BCUT2D eigenvalue weighted by Gasteiger charge is 2.48. The van der Waals surface area contributed by atoms with Gasteiger partial charge in [-0.2, -0.15) is 0 Å². The lowest BCUT2D eigenvalue weighted by molar-refractivity contribution is 0.396. The fourth-order valence-corrected chi connectivity index (χ4v) is 17.0. The Morgan fingerprint density at radius 1 is 0.344 bits per heavy atom. The number of benzene rings is 14. The van der Waals surface area contributed by atoms with Crippen molar-refractivity contribution >= 4 is 105 Å². The molecule has 19 rings (SSSR count). The van der Waals surface area contributed by atoms with Gasteiger partial charge >= 0.3 is 0 Å². The molecule has 0 aliphatic heterocycles. The van der Waals surface area contributed by atoms with E-state index in [1.165, 1.54) is 72.4 Å². The van der Waals surface area contributed by atoms with Crippen molar-refractivity contribution in [3.05, 3.63) is 343 Å². The van der Waals surface area contributed by atoms with Crippen LogP contribution < -0.4 is 9.80 Å². The number of rotatable bonds is 10. The highest BCUT2D eigenvalue weighted by atomic mass is 16.3. The Labute approximate surface area is 558 Å². The van der Waals surface area contributed by atoms with Crippen molar-refractivity contribution in [3.63, 3.8) is 0 Å². The van der Waals surface area contributed by atoms with Crippen LogP contribution in [0.2, 0.25) is 0 Å². The van der Waals surface area contributed by atoms with E-state index in [1.807, 2.05) is 0 Å². The maximum Gasteiger partial charge on any atom is 0.143 e. The van der Waals surface area contributed by atoms with Gasteiger partial charge in [-0.05, 0) is 191 Å². The molecule has 3 aliphatic rings. The van der Waals surface area contributed by atoms with Gasteiger partial charge in [-0.15, -0.1) is 0 Å². The Balaban J connectivity index is 0.682. The van der Waals surface area contributed by atoms with E-state index in [9.17, 15) is 0 Å². The minimum absolute atomic E-state index is 0.201. The van der Waals surface area contributed by atoms with Crippen LogP contribution in [-0.2, 0) is 10.8 Å². The molecule has 2 aromatic heterocycles. The van der Waals surface area contributed by atoms with Crippen LogP contribution in [0.4, 0.5) is 34.1 Å². The van der Waals surface area contributed by atoms with E-state index in [1.54, 1.807) is 0 Å². The van der Waals surface area contributed by atoms with Gasteiger partial charge in [0.2, 0.25) is 0 Å². The molecule has 4 heteroatoms. The Morgan fingerprint density at radius 2 is 0.844 bits per heavy atom. The summed E-state index contributed by atoms with van der Waals surface area (Å²) in [5.74, 6) is 0.404. The van der Waals surface area contributed by atoms with E-state index in [0.29, 0.717) is 0 Å². The van der Waals surface area contributed by atoms with Gasteiger partial charge in [-0.25, -0.2) is 0 Å². The molecule has 14 aromatic carbocycles. The molecule has 0 radical (unpaired) electrons. The molecule has 2 unspecified atom stereocenters. The zero-order chi connectivity index (χ0) is 64.0. The molecule has 0 spiro atoms. The topological polar surface area (TPSA) is 32.8 Å². The molecule has 0 fully saturated rings. The predicted octanol–water partition coefficient (Wildman–Crippen LogP) is 25.7. The van der Waals surface area contributed by atoms with E-state index >= 15 is 0 Å². The molecule has 0 saturated carbocycles. The summed E-state index contributed by atoms with van der Waals surface area (Å²) in [5, 5.41) is 9.03. The zero-order valence-electron chi connectivity index (χ0n) is 53.9. The first-order valence-corrected chi connectivity index (χ1v) is 33.6. The number of hydrogen-bond donors (Lipinski definition) is 0. The minimum atomic E-state index is -0.245. The van der Waals surface area contributed by atoms with Crippen LogP contribution in [0.25, 0.3) is 116 Å². The number of para-hydroxylation sites is 1. The lowest BCUT2D eigenvalue weighted by Gasteiger charge is -2.34. The summed E-state index contributed by atoms with van der Waals surface area (Å²) < 4.78 is 13.8. The number of fused-ring (bicyclic) bond motifs is 16. The molecule has 2 atom stereocenters. The van der Waals surface area contributed by atoms with E-state index in [-0.39, 0.29) is 22.7 Å². The van der Waals surface area contributed by atoms with Gasteiger partial charge in [-0.3, -0.25) is 0 Å². The number of furan rings is 2. The van der Waals surface area contributed by atoms with Gasteiger partial charge in [0.15, 0.2) is 0 Å². The standard InChI is InChI=1S/C92H66N2O2/c1-91(2)79-36-14-13-31-72(79)74-34-17-37-81(87(74)91)94(66-48-43-58(44-49-66)57-21-7-5-8-22-57)68-29-16-25-64(54-68)70-33-20-40-84-86(70)77-52-46-60-41-42-61(55-78(60)90(77)96-84)62-47-50-73-75-35-18-38-82(88(75)92(3,4)80(73)56-62)93(65-26-9-6-10-27-65)67-28-15-24-63(53-67)69-32-19-39-83-85(69)76-51-45-59-23-11-12-30-71(59)89(76)95-83/h5-56,73,80H,1-4H3. The normalized spacial score (nSPS) is 15.7. The molecule has 4 nitrogen and oxygen atoms in total. The van der Waals surface area contributed by atoms with E-state index in [0.717, 1.165) is 105 Å². The van der Waals surface area contributed by atoms with Crippen LogP contribution in [0.5, 0.6) is 0 Å². The first-order chi connectivity index (χ1) is 47.1. The molecule has 0 N–H and O–H groups in total. The van der Waals surface area contributed by atoms with Crippen molar-refractivity contribution in [2.24, 2.45) is 5.92 Å². The Kier molecular flexibility index (Phi) is 12.5. The molecular formula is C92H66N2O2. The third-order valence-corrected chi connectivity index (χ3v) is 21.5. The molecule has 16 aromatic rings. The summed E-state index contributed by atoms with van der Waals surface area (Å²) >= 11 is 0. The van der Waals surface area contributed by atoms with Crippen molar-refractivity contribution < 1.29 is 8.83 Å². The second-order valence-corrected chi connectivity index (χ2v) is 27.5. The lowest BCUT2D eigenvalue weighted by Crippen LogP contribution is -2.27. The number of allylic oxidation sites excluding steroid dienone is 4. The van der Waals surface area contributed by atoms with Crippen LogP contribution in [0.3, 0.4) is 0 Å². The van der Waals surface area contributed by atoms with Crippen molar-refractivity contribution in [2.45, 2.75) is 44.4 Å². The predicted molar refractivity (Wildman–Crippen MR) is 402 cm³/mol. The quantitative estimate of drug-likeness (QED) is 0.137. The SMILES string of the molecule is CC1(C)c2ccccc2-c2cccc(N(c3ccc(-c4ccccc4)cc3)c3cccc(-c4cccc5oc6c7cc(C8=CC9C(C=C8)c8cccc(N(c%10ccccc%10)c%10cccc(-c%11cccc%12oc%13c%14ccccc%14ccc%13c%11%12)c%10)c8C9(C)C)ccc7ccc6c45)c3)c21. The summed E-state index contributed by atoms with van der Waals surface area (Å²) in [6.45, 7) is 9.67. The molecule has 0 amide bonds. The second-order valence-electron chi connectivity index (χ2n) is 27.5. The highest BCUT2D eigenvalue weighted by Crippen LogP contribution is 2.59. The molecule has 3 aliphatic carbocycles. The Morgan fingerprint density at radius 3 is 1.54 bits per heavy atom. The molecular weight excluding hydrogens is 1170 g/mol. The number of hydrogen-bond acceptors (Lipinski definition) is 4. The third kappa shape index (κ3) is 8.54. The van der Waals surface area contributed by atoms with Gasteiger partial charge in [0.1, 0.15) is 22.3 Å². The van der Waals surface area contributed by atoms with Crippen molar-refractivity contribution in [3.8, 4) is 44.5 Å². The zero-order valence-corrected chi connectivity index (χ0v) is 53.9. The molecule has 96 heavy (non-hydrogen) atoms. The Hall–Kier alpha value is -11.7. The monoisotopic (exact) mass is 1230 g/mol. The van der Waals surface area contributed by atoms with Gasteiger partial charge in [0.05, 0.1) is 11.4 Å². The smallest absolute Gasteiger partial charge is 0.143 e. The summed E-state index contributed by atoms with van der Waals surface area (Å²) in [6, 6.07) is 109. The van der Waals surface area contributed by atoms with E-state index in [4.69, 9.17) is 8.83 Å². The number of anilines is 6. The van der Waals surface area contributed by atoms with Crippen LogP contribution in [0.1, 0.15) is 61.4 Å². The number of nitrogens with zero attached hydrogens (tertiary/aromatic N) is 2. The average Bonchev–Trinajstić information content (AvgIpc) is 1.57. The molecule has 0 saturated heterocycles. The third-order valence-electron chi connectivity index (χ3n) is 21.5. The van der Waals surface area contributed by atoms with Crippen LogP contribution in [0, 0.1) is 5.92 Å². The molecule has 2 heterocycles. The maximum atomic E-state index is 7.11. The summed E-state index contributed by atoms with van der Waals surface area (Å²) in [6.07, 6.45) is 7.41. The minimum Gasteiger partial charge on any atom is -0.455 e.